The molecule has 0 bridgehead atoms. The molecule has 146 valence electrons. The summed E-state index contributed by atoms with van der Waals surface area (Å²) in [5.41, 5.74) is 1.77. The molecular formula is C21H25F2NO3. The Labute approximate surface area is 158 Å². The van der Waals surface area contributed by atoms with Crippen LogP contribution in [0.25, 0.3) is 0 Å². The van der Waals surface area contributed by atoms with E-state index >= 15 is 0 Å². The van der Waals surface area contributed by atoms with Gasteiger partial charge in [0.25, 0.3) is 0 Å². The standard InChI is InChI=1S/C21H25F2NO3/c1-2-3-21(26)27-15-20(25)14-24(12-16-4-8-18(22)9-5-16)13-17-6-10-19(23)11-7-17/h4-11,20,25H,2-3,12-15H2,1H3/t20-/m0/s1. The van der Waals surface area contributed by atoms with Crippen LogP contribution >= 0.6 is 0 Å². The third-order valence-corrected chi connectivity index (χ3v) is 4.00. The van der Waals surface area contributed by atoms with Crippen LogP contribution in [0.4, 0.5) is 8.78 Å². The van der Waals surface area contributed by atoms with Crippen molar-refractivity contribution in [3.63, 3.8) is 0 Å². The fourth-order valence-electron chi connectivity index (χ4n) is 2.70. The number of benzene rings is 2. The van der Waals surface area contributed by atoms with E-state index in [4.69, 9.17) is 4.74 Å². The van der Waals surface area contributed by atoms with Crippen molar-refractivity contribution >= 4 is 5.97 Å². The number of rotatable bonds is 10. The van der Waals surface area contributed by atoms with Crippen LogP contribution in [0.15, 0.2) is 48.5 Å². The highest BCUT2D eigenvalue weighted by Gasteiger charge is 2.15. The van der Waals surface area contributed by atoms with Gasteiger partial charge < -0.3 is 9.84 Å². The average molecular weight is 377 g/mol. The van der Waals surface area contributed by atoms with Gasteiger partial charge in [-0.25, -0.2) is 8.78 Å². The minimum Gasteiger partial charge on any atom is -0.463 e. The summed E-state index contributed by atoms with van der Waals surface area (Å²) in [6.45, 7) is 3.00. The summed E-state index contributed by atoms with van der Waals surface area (Å²) in [7, 11) is 0. The highest BCUT2D eigenvalue weighted by atomic mass is 19.1. The third kappa shape index (κ3) is 7.85. The first-order chi connectivity index (χ1) is 13.0. The minimum atomic E-state index is -0.855. The summed E-state index contributed by atoms with van der Waals surface area (Å²) < 4.78 is 31.3. The topological polar surface area (TPSA) is 49.8 Å². The number of carbonyl (C=O) groups is 1. The Morgan fingerprint density at radius 1 is 1.00 bits per heavy atom. The van der Waals surface area contributed by atoms with E-state index in [0.29, 0.717) is 25.9 Å². The Morgan fingerprint density at radius 3 is 1.93 bits per heavy atom. The Hall–Kier alpha value is -2.31. The molecule has 0 aromatic heterocycles. The molecule has 0 unspecified atom stereocenters. The maximum Gasteiger partial charge on any atom is 0.305 e. The van der Waals surface area contributed by atoms with Gasteiger partial charge in [0, 0.05) is 26.1 Å². The number of nitrogens with zero attached hydrogens (tertiary/aromatic N) is 1. The molecule has 0 aliphatic rings. The highest BCUT2D eigenvalue weighted by Crippen LogP contribution is 2.13. The van der Waals surface area contributed by atoms with E-state index in [1.807, 2.05) is 11.8 Å². The second kappa shape index (κ2) is 10.7. The van der Waals surface area contributed by atoms with Gasteiger partial charge in [0.2, 0.25) is 0 Å². The lowest BCUT2D eigenvalue weighted by molar-refractivity contribution is -0.147. The van der Waals surface area contributed by atoms with Gasteiger partial charge in [0.15, 0.2) is 0 Å². The second-order valence-corrected chi connectivity index (χ2v) is 6.51. The summed E-state index contributed by atoms with van der Waals surface area (Å²) in [6, 6.07) is 12.3. The molecule has 2 aromatic rings. The van der Waals surface area contributed by atoms with Crippen LogP contribution in [0.3, 0.4) is 0 Å². The zero-order chi connectivity index (χ0) is 19.6. The van der Waals surface area contributed by atoms with Gasteiger partial charge in [-0.15, -0.1) is 0 Å². The molecule has 1 N–H and O–H groups in total. The van der Waals surface area contributed by atoms with Crippen LogP contribution < -0.4 is 0 Å². The lowest BCUT2D eigenvalue weighted by Crippen LogP contribution is -2.34. The van der Waals surface area contributed by atoms with E-state index in [2.05, 4.69) is 0 Å². The van der Waals surface area contributed by atoms with Gasteiger partial charge >= 0.3 is 5.97 Å². The predicted octanol–water partition coefficient (Wildman–Crippen LogP) is 3.67. The maximum absolute atomic E-state index is 13.1. The van der Waals surface area contributed by atoms with Crippen molar-refractivity contribution in [1.29, 1.82) is 0 Å². The zero-order valence-electron chi connectivity index (χ0n) is 15.4. The first kappa shape index (κ1) is 21.0. The van der Waals surface area contributed by atoms with Crippen LogP contribution in [-0.2, 0) is 22.6 Å². The molecular weight excluding hydrogens is 352 g/mol. The fourth-order valence-corrected chi connectivity index (χ4v) is 2.70. The van der Waals surface area contributed by atoms with E-state index < -0.39 is 6.10 Å². The maximum atomic E-state index is 13.1. The Bertz CT molecular complexity index is 657. The molecule has 0 saturated heterocycles. The molecule has 0 spiro atoms. The molecule has 0 amide bonds. The summed E-state index contributed by atoms with van der Waals surface area (Å²) in [5.74, 6) is -0.960. The largest absolute Gasteiger partial charge is 0.463 e. The monoisotopic (exact) mass is 377 g/mol. The van der Waals surface area contributed by atoms with Crippen LogP contribution in [0, 0.1) is 11.6 Å². The zero-order valence-corrected chi connectivity index (χ0v) is 15.4. The average Bonchev–Trinajstić information content (AvgIpc) is 2.64. The van der Waals surface area contributed by atoms with Crippen molar-refractivity contribution in [1.82, 2.24) is 4.90 Å². The Balaban J connectivity index is 2.00. The molecule has 2 rings (SSSR count). The molecule has 6 heteroatoms. The molecule has 2 aromatic carbocycles. The van der Waals surface area contributed by atoms with Gasteiger partial charge in [-0.2, -0.15) is 0 Å². The molecule has 0 radical (unpaired) electrons. The smallest absolute Gasteiger partial charge is 0.305 e. The van der Waals surface area contributed by atoms with Gasteiger partial charge in [0.1, 0.15) is 24.3 Å². The lowest BCUT2D eigenvalue weighted by atomic mass is 10.1. The van der Waals surface area contributed by atoms with Gasteiger partial charge in [-0.05, 0) is 41.8 Å². The van der Waals surface area contributed by atoms with Crippen molar-refractivity contribution in [2.45, 2.75) is 39.0 Å². The van der Waals surface area contributed by atoms with Crippen molar-refractivity contribution in [3.8, 4) is 0 Å². The number of hydrogen-bond donors (Lipinski definition) is 1. The second-order valence-electron chi connectivity index (χ2n) is 6.51. The Morgan fingerprint density at radius 2 is 1.48 bits per heavy atom. The molecule has 27 heavy (non-hydrogen) atoms. The van der Waals surface area contributed by atoms with E-state index in [0.717, 1.165) is 11.1 Å². The SMILES string of the molecule is CCCC(=O)OC[C@@H](O)CN(Cc1ccc(F)cc1)Cc1ccc(F)cc1. The van der Waals surface area contributed by atoms with Gasteiger partial charge in [0.05, 0.1) is 0 Å². The fraction of sp³-hybridized carbons (Fsp3) is 0.381. The molecule has 0 aliphatic carbocycles. The van der Waals surface area contributed by atoms with Gasteiger partial charge in [-0.1, -0.05) is 31.2 Å². The van der Waals surface area contributed by atoms with Crippen molar-refractivity contribution < 1.29 is 23.4 Å². The number of aliphatic hydroxyl groups is 1. The predicted molar refractivity (Wildman–Crippen MR) is 98.8 cm³/mol. The first-order valence-electron chi connectivity index (χ1n) is 9.01. The van der Waals surface area contributed by atoms with E-state index in [9.17, 15) is 18.7 Å². The number of esters is 1. The quantitative estimate of drug-likeness (QED) is 0.642. The minimum absolute atomic E-state index is 0.0812. The lowest BCUT2D eigenvalue weighted by Gasteiger charge is -2.25. The van der Waals surface area contributed by atoms with E-state index in [1.165, 1.54) is 24.3 Å². The molecule has 1 atom stereocenters. The molecule has 0 fully saturated rings. The molecule has 0 saturated carbocycles. The number of carbonyl (C=O) groups excluding carboxylic acids is 1. The van der Waals surface area contributed by atoms with E-state index in [1.54, 1.807) is 24.3 Å². The first-order valence-corrected chi connectivity index (χ1v) is 9.01. The molecule has 4 nitrogen and oxygen atoms in total. The van der Waals surface area contributed by atoms with Crippen LogP contribution in [0.2, 0.25) is 0 Å². The van der Waals surface area contributed by atoms with Crippen molar-refractivity contribution in [2.24, 2.45) is 0 Å². The number of ether oxygens (including phenoxy) is 1. The van der Waals surface area contributed by atoms with Gasteiger partial charge in [-0.3, -0.25) is 9.69 Å². The van der Waals surface area contributed by atoms with Crippen molar-refractivity contribution in [2.75, 3.05) is 13.2 Å². The summed E-state index contributed by atoms with van der Waals surface area (Å²) in [4.78, 5) is 13.4. The number of aliphatic hydroxyl groups excluding tert-OH is 1. The van der Waals surface area contributed by atoms with Crippen LogP contribution in [0.5, 0.6) is 0 Å². The van der Waals surface area contributed by atoms with Crippen molar-refractivity contribution in [3.05, 3.63) is 71.3 Å². The molecule has 0 heterocycles. The third-order valence-electron chi connectivity index (χ3n) is 4.00. The van der Waals surface area contributed by atoms with Crippen LogP contribution in [0.1, 0.15) is 30.9 Å². The highest BCUT2D eigenvalue weighted by molar-refractivity contribution is 5.69. The summed E-state index contributed by atoms with van der Waals surface area (Å²) in [6.07, 6.45) is 0.157. The van der Waals surface area contributed by atoms with Crippen LogP contribution in [-0.4, -0.2) is 35.2 Å². The molecule has 0 aliphatic heterocycles. The Kier molecular flexibility index (Phi) is 8.36. The number of halogens is 2. The number of hydrogen-bond acceptors (Lipinski definition) is 4. The van der Waals surface area contributed by atoms with E-state index in [-0.39, 0.29) is 30.8 Å². The normalized spacial score (nSPS) is 12.2. The summed E-state index contributed by atoms with van der Waals surface area (Å²) >= 11 is 0. The summed E-state index contributed by atoms with van der Waals surface area (Å²) in [5, 5.41) is 10.2.